The number of carbonyl (C=O) groups excluding carboxylic acids is 1. The Morgan fingerprint density at radius 3 is 2.73 bits per heavy atom. The Labute approximate surface area is 96.2 Å². The number of rotatable bonds is 7. The molecule has 1 fully saturated rings. The largest absolute Gasteiger partial charge is 0.393 e. The number of thiocarbonyl (C=S) groups is 1. The average Bonchev–Trinajstić information content (AvgIpc) is 2.95. The lowest BCUT2D eigenvalue weighted by atomic mass is 10.3. The van der Waals surface area contributed by atoms with E-state index in [1.165, 1.54) is 0 Å². The van der Waals surface area contributed by atoms with E-state index in [2.05, 4.69) is 10.2 Å². The maximum atomic E-state index is 11.5. The molecule has 0 atom stereocenters. The van der Waals surface area contributed by atoms with Crippen molar-refractivity contribution in [2.75, 3.05) is 19.6 Å². The van der Waals surface area contributed by atoms with Crippen LogP contribution in [0.15, 0.2) is 0 Å². The summed E-state index contributed by atoms with van der Waals surface area (Å²) in [5, 5.41) is 2.96. The lowest BCUT2D eigenvalue weighted by Gasteiger charge is -2.19. The van der Waals surface area contributed by atoms with Crippen LogP contribution in [0.25, 0.3) is 0 Å². The average molecular weight is 229 g/mol. The first-order valence-corrected chi connectivity index (χ1v) is 5.82. The highest BCUT2D eigenvalue weighted by Gasteiger charge is 2.23. The number of nitrogens with zero attached hydrogens (tertiary/aromatic N) is 1. The molecule has 0 unspecified atom stereocenters. The maximum Gasteiger partial charge on any atom is 0.234 e. The minimum absolute atomic E-state index is 0.113. The minimum Gasteiger partial charge on any atom is -0.393 e. The number of hydrogen-bond donors (Lipinski definition) is 2. The van der Waals surface area contributed by atoms with Gasteiger partial charge in [0.15, 0.2) is 0 Å². The van der Waals surface area contributed by atoms with Gasteiger partial charge in [-0.3, -0.25) is 9.69 Å². The Kier molecular flexibility index (Phi) is 4.98. The normalized spacial score (nSPS) is 15.3. The van der Waals surface area contributed by atoms with Crippen LogP contribution in [0.5, 0.6) is 0 Å². The summed E-state index contributed by atoms with van der Waals surface area (Å²) in [6.07, 6.45) is 2.94. The van der Waals surface area contributed by atoms with E-state index in [0.29, 0.717) is 24.0 Å². The molecule has 1 aliphatic rings. The molecule has 0 aliphatic heterocycles. The van der Waals surface area contributed by atoms with E-state index in [4.69, 9.17) is 18.0 Å². The van der Waals surface area contributed by atoms with Gasteiger partial charge in [0.1, 0.15) is 0 Å². The van der Waals surface area contributed by atoms with E-state index in [1.54, 1.807) is 0 Å². The zero-order valence-electron chi connectivity index (χ0n) is 9.16. The summed E-state index contributed by atoms with van der Waals surface area (Å²) in [5.41, 5.74) is 5.42. The molecule has 4 nitrogen and oxygen atoms in total. The SMILES string of the molecule is CCN(CCC(N)=S)CC(=O)NC1CC1. The summed E-state index contributed by atoms with van der Waals surface area (Å²) in [7, 11) is 0. The van der Waals surface area contributed by atoms with E-state index in [-0.39, 0.29) is 5.91 Å². The highest BCUT2D eigenvalue weighted by molar-refractivity contribution is 7.80. The standard InChI is InChI=1S/C10H19N3OS/c1-2-13(6-5-9(11)15)7-10(14)12-8-3-4-8/h8H,2-7H2,1H3,(H2,11,15)(H,12,14). The van der Waals surface area contributed by atoms with Crippen molar-refractivity contribution >= 4 is 23.1 Å². The van der Waals surface area contributed by atoms with Crippen LogP contribution < -0.4 is 11.1 Å². The Balaban J connectivity index is 2.18. The van der Waals surface area contributed by atoms with Crippen LogP contribution in [0.3, 0.4) is 0 Å². The van der Waals surface area contributed by atoms with Gasteiger partial charge in [0.2, 0.25) is 5.91 Å². The molecule has 15 heavy (non-hydrogen) atoms. The highest BCUT2D eigenvalue weighted by atomic mass is 32.1. The van der Waals surface area contributed by atoms with Crippen LogP contribution in [0.1, 0.15) is 26.2 Å². The van der Waals surface area contributed by atoms with Gasteiger partial charge in [-0.1, -0.05) is 19.1 Å². The lowest BCUT2D eigenvalue weighted by molar-refractivity contribution is -0.122. The van der Waals surface area contributed by atoms with Crippen molar-refractivity contribution in [2.45, 2.75) is 32.2 Å². The summed E-state index contributed by atoms with van der Waals surface area (Å²) in [6, 6.07) is 0.437. The van der Waals surface area contributed by atoms with Gasteiger partial charge in [0, 0.05) is 19.0 Å². The smallest absolute Gasteiger partial charge is 0.234 e. The number of amides is 1. The van der Waals surface area contributed by atoms with Crippen LogP contribution in [-0.2, 0) is 4.79 Å². The van der Waals surface area contributed by atoms with Gasteiger partial charge in [-0.25, -0.2) is 0 Å². The quantitative estimate of drug-likeness (QED) is 0.615. The van der Waals surface area contributed by atoms with Gasteiger partial charge in [0.25, 0.3) is 0 Å². The Morgan fingerprint density at radius 2 is 2.27 bits per heavy atom. The van der Waals surface area contributed by atoms with E-state index in [0.717, 1.165) is 25.9 Å². The number of hydrogen-bond acceptors (Lipinski definition) is 3. The third kappa shape index (κ3) is 5.69. The van der Waals surface area contributed by atoms with Crippen molar-refractivity contribution in [3.05, 3.63) is 0 Å². The molecule has 0 aromatic heterocycles. The van der Waals surface area contributed by atoms with Gasteiger partial charge in [-0.15, -0.1) is 0 Å². The molecular formula is C10H19N3OS. The van der Waals surface area contributed by atoms with Crippen LogP contribution in [-0.4, -0.2) is 41.5 Å². The molecule has 3 N–H and O–H groups in total. The van der Waals surface area contributed by atoms with Gasteiger partial charge in [-0.2, -0.15) is 0 Å². The van der Waals surface area contributed by atoms with Crippen molar-refractivity contribution in [3.8, 4) is 0 Å². The predicted molar refractivity (Wildman–Crippen MR) is 64.7 cm³/mol. The van der Waals surface area contributed by atoms with Crippen LogP contribution in [0.2, 0.25) is 0 Å². The lowest BCUT2D eigenvalue weighted by Crippen LogP contribution is -2.39. The summed E-state index contributed by atoms with van der Waals surface area (Å²) in [5.74, 6) is 0.113. The number of carbonyl (C=O) groups is 1. The second-order valence-corrected chi connectivity index (χ2v) is 4.45. The molecule has 0 saturated heterocycles. The van der Waals surface area contributed by atoms with Crippen molar-refractivity contribution < 1.29 is 4.79 Å². The number of nitrogens with two attached hydrogens (primary N) is 1. The van der Waals surface area contributed by atoms with Gasteiger partial charge in [0.05, 0.1) is 11.5 Å². The first kappa shape index (κ1) is 12.4. The van der Waals surface area contributed by atoms with E-state index in [9.17, 15) is 4.79 Å². The topological polar surface area (TPSA) is 58.4 Å². The monoisotopic (exact) mass is 229 g/mol. The second-order valence-electron chi connectivity index (χ2n) is 3.93. The third-order valence-electron chi connectivity index (χ3n) is 2.43. The van der Waals surface area contributed by atoms with Crippen molar-refractivity contribution in [2.24, 2.45) is 5.73 Å². The zero-order valence-corrected chi connectivity index (χ0v) is 9.98. The van der Waals surface area contributed by atoms with E-state index >= 15 is 0 Å². The van der Waals surface area contributed by atoms with Crippen molar-refractivity contribution in [1.29, 1.82) is 0 Å². The van der Waals surface area contributed by atoms with E-state index in [1.807, 2.05) is 6.92 Å². The molecule has 1 rings (SSSR count). The first-order valence-electron chi connectivity index (χ1n) is 5.41. The maximum absolute atomic E-state index is 11.5. The van der Waals surface area contributed by atoms with E-state index < -0.39 is 0 Å². The van der Waals surface area contributed by atoms with Gasteiger partial charge < -0.3 is 11.1 Å². The number of nitrogens with one attached hydrogen (secondary N) is 1. The molecule has 1 amide bonds. The molecular weight excluding hydrogens is 210 g/mol. The summed E-state index contributed by atoms with van der Waals surface area (Å²) < 4.78 is 0. The van der Waals surface area contributed by atoms with Gasteiger partial charge in [-0.05, 0) is 19.4 Å². The summed E-state index contributed by atoms with van der Waals surface area (Å²) in [6.45, 7) is 4.10. The molecule has 1 saturated carbocycles. The third-order valence-corrected chi connectivity index (χ3v) is 2.64. The van der Waals surface area contributed by atoms with Crippen LogP contribution >= 0.6 is 12.2 Å². The highest BCUT2D eigenvalue weighted by Crippen LogP contribution is 2.18. The molecule has 0 heterocycles. The Hall–Kier alpha value is -0.680. The summed E-state index contributed by atoms with van der Waals surface area (Å²) in [4.78, 5) is 14.1. The molecule has 0 aromatic rings. The Morgan fingerprint density at radius 1 is 1.60 bits per heavy atom. The van der Waals surface area contributed by atoms with Crippen LogP contribution in [0, 0.1) is 0 Å². The fourth-order valence-electron chi connectivity index (χ4n) is 1.32. The second kappa shape index (κ2) is 6.02. The molecule has 0 spiro atoms. The zero-order chi connectivity index (χ0) is 11.3. The molecule has 0 aromatic carbocycles. The van der Waals surface area contributed by atoms with Crippen molar-refractivity contribution in [1.82, 2.24) is 10.2 Å². The van der Waals surface area contributed by atoms with Crippen LogP contribution in [0.4, 0.5) is 0 Å². The fourth-order valence-corrected chi connectivity index (χ4v) is 1.41. The Bertz CT molecular complexity index is 241. The predicted octanol–water partition coefficient (Wildman–Crippen LogP) is 0.263. The first-order chi connectivity index (χ1) is 7.11. The summed E-state index contributed by atoms with van der Waals surface area (Å²) >= 11 is 4.81. The number of likely N-dealkylation sites (N-methyl/N-ethyl adjacent to an activating group) is 1. The molecule has 0 radical (unpaired) electrons. The molecule has 1 aliphatic carbocycles. The fraction of sp³-hybridized carbons (Fsp3) is 0.800. The molecule has 86 valence electrons. The van der Waals surface area contributed by atoms with Crippen molar-refractivity contribution in [3.63, 3.8) is 0 Å². The minimum atomic E-state index is 0.113. The van der Waals surface area contributed by atoms with Gasteiger partial charge >= 0.3 is 0 Å². The molecule has 5 heteroatoms. The molecule has 0 bridgehead atoms.